The highest BCUT2D eigenvalue weighted by atomic mass is 15.2. The van der Waals surface area contributed by atoms with E-state index in [1.165, 1.54) is 0 Å². The van der Waals surface area contributed by atoms with Gasteiger partial charge in [-0.15, -0.1) is 6.58 Å². The molecule has 0 bridgehead atoms. The van der Waals surface area contributed by atoms with Gasteiger partial charge in [0, 0.05) is 25.0 Å². The fraction of sp³-hybridized carbons (Fsp3) is 0.417. The van der Waals surface area contributed by atoms with Gasteiger partial charge in [-0.1, -0.05) is 18.2 Å². The van der Waals surface area contributed by atoms with Crippen LogP contribution in [-0.2, 0) is 6.54 Å². The monoisotopic (exact) mass is 203 g/mol. The molecular weight excluding hydrogens is 186 g/mol. The fourth-order valence-electron chi connectivity index (χ4n) is 1.95. The second-order valence-corrected chi connectivity index (χ2v) is 3.81. The predicted molar refractivity (Wildman–Crippen MR) is 61.4 cm³/mol. The van der Waals surface area contributed by atoms with Crippen molar-refractivity contribution in [2.45, 2.75) is 25.4 Å². The Bertz CT molecular complexity index is 327. The first-order valence-electron chi connectivity index (χ1n) is 5.40. The molecule has 0 aromatic carbocycles. The van der Waals surface area contributed by atoms with Crippen LogP contribution in [0.3, 0.4) is 0 Å². The molecular formula is C12H17N3. The number of imidazole rings is 1. The summed E-state index contributed by atoms with van der Waals surface area (Å²) in [5, 5.41) is 0. The van der Waals surface area contributed by atoms with Gasteiger partial charge in [-0.2, -0.15) is 0 Å². The van der Waals surface area contributed by atoms with Crippen LogP contribution in [0.1, 0.15) is 18.7 Å². The zero-order valence-electron chi connectivity index (χ0n) is 8.89. The van der Waals surface area contributed by atoms with Crippen LogP contribution in [0.4, 0.5) is 0 Å². The second-order valence-electron chi connectivity index (χ2n) is 3.81. The van der Waals surface area contributed by atoms with Gasteiger partial charge in [0.2, 0.25) is 0 Å². The summed E-state index contributed by atoms with van der Waals surface area (Å²) in [6.07, 6.45) is 12.3. The molecule has 2 rings (SSSR count). The van der Waals surface area contributed by atoms with Crippen molar-refractivity contribution in [3.05, 3.63) is 43.0 Å². The molecule has 0 saturated heterocycles. The lowest BCUT2D eigenvalue weighted by molar-refractivity contribution is 0.210. The number of H-pyrrole nitrogens is 1. The van der Waals surface area contributed by atoms with Crippen molar-refractivity contribution < 1.29 is 0 Å². The molecule has 0 aliphatic carbocycles. The lowest BCUT2D eigenvalue weighted by Crippen LogP contribution is -2.36. The van der Waals surface area contributed by atoms with Crippen LogP contribution in [0.2, 0.25) is 0 Å². The lowest BCUT2D eigenvalue weighted by Gasteiger charge is -2.30. The number of aromatic nitrogens is 2. The molecule has 1 unspecified atom stereocenters. The smallest absolute Gasteiger partial charge is 0.120 e. The summed E-state index contributed by atoms with van der Waals surface area (Å²) in [5.41, 5.74) is 0. The summed E-state index contributed by atoms with van der Waals surface area (Å²) in [4.78, 5) is 9.83. The van der Waals surface area contributed by atoms with Crippen LogP contribution in [-0.4, -0.2) is 27.5 Å². The Morgan fingerprint density at radius 1 is 1.67 bits per heavy atom. The number of nitrogens with zero attached hydrogens (tertiary/aromatic N) is 2. The predicted octanol–water partition coefficient (Wildman–Crippen LogP) is 2.12. The molecule has 0 spiro atoms. The molecule has 1 atom stereocenters. The third kappa shape index (κ3) is 2.57. The van der Waals surface area contributed by atoms with E-state index in [0.29, 0.717) is 6.04 Å². The van der Waals surface area contributed by atoms with E-state index in [-0.39, 0.29) is 0 Å². The Morgan fingerprint density at radius 2 is 2.60 bits per heavy atom. The Labute approximate surface area is 90.5 Å². The maximum atomic E-state index is 4.26. The molecule has 1 aromatic heterocycles. The van der Waals surface area contributed by atoms with E-state index < -0.39 is 0 Å². The van der Waals surface area contributed by atoms with Gasteiger partial charge in [-0.05, 0) is 12.8 Å². The average molecular weight is 203 g/mol. The van der Waals surface area contributed by atoms with E-state index in [4.69, 9.17) is 0 Å². The van der Waals surface area contributed by atoms with Gasteiger partial charge in [0.15, 0.2) is 0 Å². The van der Waals surface area contributed by atoms with Crippen molar-refractivity contribution in [1.82, 2.24) is 14.9 Å². The van der Waals surface area contributed by atoms with Gasteiger partial charge >= 0.3 is 0 Å². The molecule has 1 aromatic rings. The maximum absolute atomic E-state index is 4.26. The molecule has 80 valence electrons. The first-order chi connectivity index (χ1) is 7.40. The largest absolute Gasteiger partial charge is 0.348 e. The Kier molecular flexibility index (Phi) is 3.35. The number of hydrogen-bond donors (Lipinski definition) is 1. The molecule has 15 heavy (non-hydrogen) atoms. The first-order valence-corrected chi connectivity index (χ1v) is 5.40. The van der Waals surface area contributed by atoms with E-state index in [0.717, 1.165) is 31.8 Å². The molecule has 1 N–H and O–H groups in total. The normalized spacial score (nSPS) is 21.7. The summed E-state index contributed by atoms with van der Waals surface area (Å²) in [6, 6.07) is 0.487. The minimum atomic E-state index is 0.487. The molecule has 0 saturated carbocycles. The number of nitrogens with one attached hydrogen (secondary N) is 1. The van der Waals surface area contributed by atoms with Crippen molar-refractivity contribution in [3.63, 3.8) is 0 Å². The van der Waals surface area contributed by atoms with Crippen molar-refractivity contribution in [3.8, 4) is 0 Å². The number of aromatic amines is 1. The third-order valence-electron chi connectivity index (χ3n) is 2.73. The van der Waals surface area contributed by atoms with Gasteiger partial charge < -0.3 is 4.98 Å². The Morgan fingerprint density at radius 3 is 3.33 bits per heavy atom. The molecule has 3 nitrogen and oxygen atoms in total. The summed E-state index contributed by atoms with van der Waals surface area (Å²) in [6.45, 7) is 5.81. The zero-order chi connectivity index (χ0) is 10.5. The van der Waals surface area contributed by atoms with Crippen molar-refractivity contribution >= 4 is 0 Å². The van der Waals surface area contributed by atoms with Crippen molar-refractivity contribution in [2.24, 2.45) is 0 Å². The van der Waals surface area contributed by atoms with Crippen molar-refractivity contribution in [1.29, 1.82) is 0 Å². The maximum Gasteiger partial charge on any atom is 0.120 e. The minimum Gasteiger partial charge on any atom is -0.348 e. The summed E-state index contributed by atoms with van der Waals surface area (Å²) < 4.78 is 0. The van der Waals surface area contributed by atoms with Crippen LogP contribution in [0, 0.1) is 0 Å². The second kappa shape index (κ2) is 4.94. The van der Waals surface area contributed by atoms with Gasteiger partial charge in [-0.25, -0.2) is 4.98 Å². The van der Waals surface area contributed by atoms with E-state index in [1.807, 2.05) is 12.3 Å². The third-order valence-corrected chi connectivity index (χ3v) is 2.73. The lowest BCUT2D eigenvalue weighted by atomic mass is 10.1. The summed E-state index contributed by atoms with van der Waals surface area (Å²) >= 11 is 0. The number of hydrogen-bond acceptors (Lipinski definition) is 2. The van der Waals surface area contributed by atoms with Crippen LogP contribution in [0.15, 0.2) is 37.2 Å². The standard InChI is InChI=1S/C12H17N3/c1-2-5-11-6-3-4-9-15(11)10-12-13-7-8-14-12/h2-3,6-8,11H,1,4-5,9-10H2,(H,13,14). The van der Waals surface area contributed by atoms with Crippen molar-refractivity contribution in [2.75, 3.05) is 6.54 Å². The van der Waals surface area contributed by atoms with Crippen LogP contribution in [0.25, 0.3) is 0 Å². The van der Waals surface area contributed by atoms with E-state index in [2.05, 4.69) is 33.6 Å². The quantitative estimate of drug-likeness (QED) is 0.760. The molecule has 3 heteroatoms. The molecule has 2 heterocycles. The van der Waals surface area contributed by atoms with Crippen LogP contribution in [0.5, 0.6) is 0 Å². The topological polar surface area (TPSA) is 31.9 Å². The molecule has 0 fully saturated rings. The summed E-state index contributed by atoms with van der Waals surface area (Å²) in [7, 11) is 0. The van der Waals surface area contributed by atoms with E-state index in [9.17, 15) is 0 Å². The van der Waals surface area contributed by atoms with E-state index in [1.54, 1.807) is 6.20 Å². The highest BCUT2D eigenvalue weighted by Crippen LogP contribution is 2.15. The van der Waals surface area contributed by atoms with Gasteiger partial charge in [-0.3, -0.25) is 4.90 Å². The molecule has 0 amide bonds. The SMILES string of the molecule is C=CCC1C=CCCN1Cc1ncc[nH]1. The van der Waals surface area contributed by atoms with Crippen LogP contribution >= 0.6 is 0 Å². The first kappa shape index (κ1) is 10.2. The van der Waals surface area contributed by atoms with Gasteiger partial charge in [0.1, 0.15) is 5.82 Å². The zero-order valence-corrected chi connectivity index (χ0v) is 8.89. The Balaban J connectivity index is 2.00. The fourth-order valence-corrected chi connectivity index (χ4v) is 1.95. The Hall–Kier alpha value is -1.35. The molecule has 1 aliphatic rings. The van der Waals surface area contributed by atoms with E-state index >= 15 is 0 Å². The minimum absolute atomic E-state index is 0.487. The highest BCUT2D eigenvalue weighted by Gasteiger charge is 2.17. The van der Waals surface area contributed by atoms with Crippen LogP contribution < -0.4 is 0 Å². The van der Waals surface area contributed by atoms with Gasteiger partial charge in [0.25, 0.3) is 0 Å². The molecule has 1 aliphatic heterocycles. The highest BCUT2D eigenvalue weighted by molar-refractivity contribution is 5.03. The number of rotatable bonds is 4. The molecule has 0 radical (unpaired) electrons. The summed E-state index contributed by atoms with van der Waals surface area (Å²) in [5.74, 6) is 1.04. The average Bonchev–Trinajstić information content (AvgIpc) is 2.74. The van der Waals surface area contributed by atoms with Gasteiger partial charge in [0.05, 0.1) is 6.54 Å².